The molecule has 176 valence electrons. The van der Waals surface area contributed by atoms with Crippen LogP contribution in [0.15, 0.2) is 84.9 Å². The van der Waals surface area contributed by atoms with E-state index in [9.17, 15) is 0 Å². The predicted molar refractivity (Wildman–Crippen MR) is 146 cm³/mol. The summed E-state index contributed by atoms with van der Waals surface area (Å²) in [6.07, 6.45) is 0. The topological polar surface area (TPSA) is 43.4 Å². The zero-order valence-electron chi connectivity index (χ0n) is 19.5. The van der Waals surface area contributed by atoms with Crippen LogP contribution in [0.4, 0.5) is 5.69 Å². The predicted octanol–water partition coefficient (Wildman–Crippen LogP) is 8.12. The number of nitrogens with one attached hydrogen (secondary N) is 1. The number of thiazole rings is 1. The Morgan fingerprint density at radius 2 is 1.74 bits per heavy atom. The Morgan fingerprint density at radius 3 is 2.51 bits per heavy atom. The summed E-state index contributed by atoms with van der Waals surface area (Å²) < 4.78 is 12.9. The molecule has 0 aliphatic heterocycles. The van der Waals surface area contributed by atoms with Gasteiger partial charge < -0.3 is 14.8 Å². The van der Waals surface area contributed by atoms with Crippen LogP contribution in [0.3, 0.4) is 0 Å². The van der Waals surface area contributed by atoms with Gasteiger partial charge in [0, 0.05) is 28.4 Å². The molecule has 0 aliphatic carbocycles. The Kier molecular flexibility index (Phi) is 6.89. The van der Waals surface area contributed by atoms with Crippen LogP contribution >= 0.6 is 22.9 Å². The number of benzene rings is 4. The first-order valence-electron chi connectivity index (χ1n) is 11.3. The lowest BCUT2D eigenvalue weighted by Crippen LogP contribution is -2.05. The smallest absolute Gasteiger partial charge is 0.166 e. The lowest BCUT2D eigenvalue weighted by Gasteiger charge is -2.16. The number of rotatable bonds is 8. The number of aryl methyl sites for hydroxylation is 1. The van der Waals surface area contributed by atoms with Crippen molar-refractivity contribution in [2.75, 3.05) is 12.4 Å². The van der Waals surface area contributed by atoms with E-state index in [1.807, 2.05) is 42.5 Å². The SMILES string of the molecule is COc1cccc(CNc2ccc(-c3nc4ccc(C)cc4s3)cc2)c1OCc1ccc(Cl)cc1. The van der Waals surface area contributed by atoms with Crippen molar-refractivity contribution in [3.63, 3.8) is 0 Å². The lowest BCUT2D eigenvalue weighted by atomic mass is 10.1. The number of halogens is 1. The first-order valence-corrected chi connectivity index (χ1v) is 12.5. The summed E-state index contributed by atoms with van der Waals surface area (Å²) >= 11 is 7.72. The molecule has 0 fully saturated rings. The molecule has 0 aliphatic rings. The van der Waals surface area contributed by atoms with Gasteiger partial charge in [-0.2, -0.15) is 0 Å². The van der Waals surface area contributed by atoms with E-state index in [2.05, 4.69) is 54.7 Å². The summed E-state index contributed by atoms with van der Waals surface area (Å²) in [6.45, 7) is 3.14. The molecule has 1 N–H and O–H groups in total. The van der Waals surface area contributed by atoms with Crippen LogP contribution in [0, 0.1) is 6.92 Å². The second-order valence-corrected chi connectivity index (χ2v) is 9.75. The number of nitrogens with zero attached hydrogens (tertiary/aromatic N) is 1. The number of aromatic nitrogens is 1. The lowest BCUT2D eigenvalue weighted by molar-refractivity contribution is 0.281. The van der Waals surface area contributed by atoms with Crippen LogP contribution in [0.2, 0.25) is 5.02 Å². The van der Waals surface area contributed by atoms with Crippen LogP contribution in [0.25, 0.3) is 20.8 Å². The summed E-state index contributed by atoms with van der Waals surface area (Å²) in [5.41, 5.74) is 6.49. The zero-order chi connectivity index (χ0) is 24.2. The van der Waals surface area contributed by atoms with Crippen LogP contribution in [0.1, 0.15) is 16.7 Å². The molecule has 5 rings (SSSR count). The maximum Gasteiger partial charge on any atom is 0.166 e. The third-order valence-electron chi connectivity index (χ3n) is 5.74. The van der Waals surface area contributed by atoms with E-state index in [4.69, 9.17) is 26.1 Å². The third-order valence-corrected chi connectivity index (χ3v) is 7.05. The van der Waals surface area contributed by atoms with Crippen LogP contribution in [-0.2, 0) is 13.2 Å². The quantitative estimate of drug-likeness (QED) is 0.233. The number of hydrogen-bond donors (Lipinski definition) is 1. The van der Waals surface area contributed by atoms with Crippen molar-refractivity contribution in [3.8, 4) is 22.1 Å². The molecule has 0 amide bonds. The number of hydrogen-bond acceptors (Lipinski definition) is 5. The van der Waals surface area contributed by atoms with Gasteiger partial charge in [-0.3, -0.25) is 0 Å². The van der Waals surface area contributed by atoms with E-state index in [-0.39, 0.29) is 0 Å². The molecule has 6 heteroatoms. The molecule has 5 aromatic rings. The van der Waals surface area contributed by atoms with Crippen molar-refractivity contribution in [1.82, 2.24) is 4.98 Å². The number of ether oxygens (including phenoxy) is 2. The van der Waals surface area contributed by atoms with Gasteiger partial charge in [-0.1, -0.05) is 41.9 Å². The van der Waals surface area contributed by atoms with Crippen LogP contribution < -0.4 is 14.8 Å². The molecule has 0 atom stereocenters. The van der Waals surface area contributed by atoms with E-state index in [1.165, 1.54) is 10.3 Å². The van der Waals surface area contributed by atoms with Gasteiger partial charge in [0.05, 0.1) is 17.3 Å². The Bertz CT molecular complexity index is 1450. The molecular weight excluding hydrogens is 476 g/mol. The van der Waals surface area contributed by atoms with Crippen LogP contribution in [-0.4, -0.2) is 12.1 Å². The van der Waals surface area contributed by atoms with Gasteiger partial charge >= 0.3 is 0 Å². The summed E-state index contributed by atoms with van der Waals surface area (Å²) in [5, 5.41) is 5.24. The minimum absolute atomic E-state index is 0.431. The molecule has 0 unspecified atom stereocenters. The number of methoxy groups -OCH3 is 1. The molecule has 35 heavy (non-hydrogen) atoms. The Hall–Kier alpha value is -3.54. The largest absolute Gasteiger partial charge is 0.493 e. The van der Waals surface area contributed by atoms with E-state index >= 15 is 0 Å². The molecule has 4 aromatic carbocycles. The standard InChI is InChI=1S/C29H25ClN2O2S/c1-19-6-15-25-27(16-19)35-29(32-25)21-9-13-24(14-10-21)31-17-22-4-3-5-26(33-2)28(22)34-18-20-7-11-23(30)12-8-20/h3-16,31H,17-18H2,1-2H3. The number of fused-ring (bicyclic) bond motifs is 1. The third kappa shape index (κ3) is 5.42. The summed E-state index contributed by atoms with van der Waals surface area (Å²) in [7, 11) is 1.66. The molecule has 0 bridgehead atoms. The Balaban J connectivity index is 1.29. The Labute approximate surface area is 214 Å². The second-order valence-electron chi connectivity index (χ2n) is 8.28. The minimum Gasteiger partial charge on any atom is -0.493 e. The van der Waals surface area contributed by atoms with Crippen molar-refractivity contribution in [3.05, 3.63) is 107 Å². The number of para-hydroxylation sites is 1. The molecule has 0 saturated heterocycles. The molecule has 4 nitrogen and oxygen atoms in total. The van der Waals surface area contributed by atoms with E-state index in [0.29, 0.717) is 23.9 Å². The molecular formula is C29H25ClN2O2S. The molecule has 1 aromatic heterocycles. The van der Waals surface area contributed by atoms with Crippen molar-refractivity contribution in [2.24, 2.45) is 0 Å². The number of anilines is 1. The summed E-state index contributed by atoms with van der Waals surface area (Å²) in [4.78, 5) is 4.79. The molecule has 0 saturated carbocycles. The maximum atomic E-state index is 6.17. The second kappa shape index (κ2) is 10.4. The van der Waals surface area contributed by atoms with Crippen molar-refractivity contribution in [1.29, 1.82) is 0 Å². The first kappa shape index (κ1) is 23.2. The van der Waals surface area contributed by atoms with Gasteiger partial charge in [-0.25, -0.2) is 4.98 Å². The molecule has 0 radical (unpaired) electrons. The fourth-order valence-corrected chi connectivity index (χ4v) is 5.04. The van der Waals surface area contributed by atoms with Crippen molar-refractivity contribution < 1.29 is 9.47 Å². The summed E-state index contributed by atoms with van der Waals surface area (Å²) in [6, 6.07) is 28.3. The van der Waals surface area contributed by atoms with Gasteiger partial charge in [-0.15, -0.1) is 11.3 Å². The highest BCUT2D eigenvalue weighted by Crippen LogP contribution is 2.34. The van der Waals surface area contributed by atoms with Gasteiger partial charge in [0.1, 0.15) is 11.6 Å². The van der Waals surface area contributed by atoms with Gasteiger partial charge in [0.2, 0.25) is 0 Å². The minimum atomic E-state index is 0.431. The normalized spacial score (nSPS) is 10.9. The monoisotopic (exact) mass is 500 g/mol. The van der Waals surface area contributed by atoms with Crippen molar-refractivity contribution in [2.45, 2.75) is 20.1 Å². The Morgan fingerprint density at radius 1 is 0.943 bits per heavy atom. The molecule has 1 heterocycles. The average Bonchev–Trinajstić information content (AvgIpc) is 3.31. The van der Waals surface area contributed by atoms with Gasteiger partial charge in [0.15, 0.2) is 11.5 Å². The van der Waals surface area contributed by atoms with E-state index in [1.54, 1.807) is 18.4 Å². The molecule has 0 spiro atoms. The highest BCUT2D eigenvalue weighted by atomic mass is 35.5. The zero-order valence-corrected chi connectivity index (χ0v) is 21.1. The fraction of sp³-hybridized carbons (Fsp3) is 0.138. The van der Waals surface area contributed by atoms with E-state index in [0.717, 1.165) is 38.7 Å². The van der Waals surface area contributed by atoms with Crippen molar-refractivity contribution >= 4 is 38.8 Å². The summed E-state index contributed by atoms with van der Waals surface area (Å²) in [5.74, 6) is 1.44. The van der Waals surface area contributed by atoms with Gasteiger partial charge in [0.25, 0.3) is 0 Å². The van der Waals surface area contributed by atoms with E-state index < -0.39 is 0 Å². The average molecular weight is 501 g/mol. The fourth-order valence-electron chi connectivity index (χ4n) is 3.84. The maximum absolute atomic E-state index is 6.17. The highest BCUT2D eigenvalue weighted by molar-refractivity contribution is 7.21. The first-order chi connectivity index (χ1) is 17.1. The highest BCUT2D eigenvalue weighted by Gasteiger charge is 2.12. The van der Waals surface area contributed by atoms with Crippen LogP contribution in [0.5, 0.6) is 11.5 Å². The van der Waals surface area contributed by atoms with Gasteiger partial charge in [-0.05, 0) is 72.6 Å².